The van der Waals surface area contributed by atoms with Gasteiger partial charge in [0, 0.05) is 0 Å². The van der Waals surface area contributed by atoms with Crippen LogP contribution in [0.1, 0.15) is 27.2 Å². The third kappa shape index (κ3) is 1.82. The molecule has 0 heterocycles. The topological polar surface area (TPSA) is 34.1 Å². The van der Waals surface area contributed by atoms with Gasteiger partial charge in [-0.1, -0.05) is 6.92 Å². The highest BCUT2D eigenvalue weighted by Crippen LogP contribution is 2.10. The van der Waals surface area contributed by atoms with Crippen molar-refractivity contribution < 1.29 is 8.42 Å². The van der Waals surface area contributed by atoms with Gasteiger partial charge in [-0.3, -0.25) is 0 Å². The molecule has 0 N–H and O–H groups in total. The van der Waals surface area contributed by atoms with Crippen LogP contribution >= 0.6 is 0 Å². The van der Waals surface area contributed by atoms with E-state index < -0.39 is 15.5 Å². The molecule has 0 aromatic rings. The molecule has 0 spiro atoms. The normalized spacial score (nSPS) is 12.5. The van der Waals surface area contributed by atoms with Crippen molar-refractivity contribution in [3.8, 4) is 0 Å². The first kappa shape index (κ1) is 7.95. The van der Waals surface area contributed by atoms with Crippen molar-refractivity contribution in [2.75, 3.05) is 0 Å². The molecule has 2 nitrogen and oxygen atoms in total. The van der Waals surface area contributed by atoms with Crippen molar-refractivity contribution in [3.63, 3.8) is 0 Å². The summed E-state index contributed by atoms with van der Waals surface area (Å²) in [5.41, 5.74) is 0. The molecule has 0 rings (SSSR count). The molecule has 50 valence electrons. The molecule has 0 saturated carbocycles. The van der Waals surface area contributed by atoms with Crippen LogP contribution in [0.3, 0.4) is 0 Å². The molecule has 0 radical (unpaired) electrons. The quantitative estimate of drug-likeness (QED) is 0.569. The monoisotopic (exact) mass is 136 g/mol. The first-order chi connectivity index (χ1) is 3.50. The van der Waals surface area contributed by atoms with Crippen molar-refractivity contribution in [1.29, 1.82) is 0 Å². The summed E-state index contributed by atoms with van der Waals surface area (Å²) in [4.78, 5) is 0. The maximum absolute atomic E-state index is 10.3. The zero-order valence-electron chi connectivity index (χ0n) is 5.47. The lowest BCUT2D eigenvalue weighted by atomic mass is 10.1. The highest BCUT2D eigenvalue weighted by Gasteiger charge is 2.17. The predicted octanol–water partition coefficient (Wildman–Crippen LogP) is 0.786. The van der Waals surface area contributed by atoms with E-state index in [9.17, 15) is 8.42 Å². The zero-order valence-corrected chi connectivity index (χ0v) is 6.37. The van der Waals surface area contributed by atoms with Gasteiger partial charge in [-0.25, -0.2) is 8.42 Å². The molecule has 0 saturated heterocycles. The van der Waals surface area contributed by atoms with Gasteiger partial charge in [-0.2, -0.15) is 0 Å². The van der Waals surface area contributed by atoms with E-state index in [1.54, 1.807) is 13.8 Å². The van der Waals surface area contributed by atoms with Crippen molar-refractivity contribution in [1.82, 2.24) is 0 Å². The number of rotatable bonds is 2. The van der Waals surface area contributed by atoms with Crippen molar-refractivity contribution >= 4 is 10.7 Å². The van der Waals surface area contributed by atoms with Crippen LogP contribution in [0.4, 0.5) is 0 Å². The van der Waals surface area contributed by atoms with Gasteiger partial charge in [0.25, 0.3) is 0 Å². The second-order valence-electron chi connectivity index (χ2n) is 2.42. The second kappa shape index (κ2) is 2.49. The summed E-state index contributed by atoms with van der Waals surface area (Å²) in [5.74, 6) is 0. The third-order valence-corrected chi connectivity index (χ3v) is 2.66. The lowest BCUT2D eigenvalue weighted by Gasteiger charge is -2.11. The van der Waals surface area contributed by atoms with E-state index in [1.165, 1.54) is 0 Å². The summed E-state index contributed by atoms with van der Waals surface area (Å²) >= 11 is 0. The maximum atomic E-state index is 10.3. The highest BCUT2D eigenvalue weighted by molar-refractivity contribution is 7.74. The molecule has 0 unspecified atom stereocenters. The molecule has 3 heteroatoms. The Labute approximate surface area is 51.9 Å². The Morgan fingerprint density at radius 2 is 1.75 bits per heavy atom. The molecule has 8 heavy (non-hydrogen) atoms. The Bertz CT molecular complexity index is 127. The summed E-state index contributed by atoms with van der Waals surface area (Å²) in [5, 5.41) is 0. The van der Waals surface area contributed by atoms with Gasteiger partial charge in [0.2, 0.25) is 0 Å². The summed E-state index contributed by atoms with van der Waals surface area (Å²) in [6, 6.07) is 0. The first-order valence-electron chi connectivity index (χ1n) is 2.65. The molecule has 0 aromatic carbocycles. The van der Waals surface area contributed by atoms with E-state index in [0.717, 1.165) is 0 Å². The minimum atomic E-state index is -2.24. The van der Waals surface area contributed by atoms with Crippen molar-refractivity contribution in [2.45, 2.75) is 31.9 Å². The Morgan fingerprint density at radius 1 is 1.38 bits per heavy atom. The SMILES string of the molecule is CCC(C)(C)[SH](=O)=O. The van der Waals surface area contributed by atoms with Crippen LogP contribution < -0.4 is 0 Å². The molecule has 0 atom stereocenters. The van der Waals surface area contributed by atoms with Gasteiger partial charge < -0.3 is 0 Å². The summed E-state index contributed by atoms with van der Waals surface area (Å²) in [7, 11) is -2.24. The van der Waals surface area contributed by atoms with Gasteiger partial charge >= 0.3 is 0 Å². The van der Waals surface area contributed by atoms with Crippen LogP contribution in [0.25, 0.3) is 0 Å². The first-order valence-corrected chi connectivity index (χ1v) is 3.83. The van der Waals surface area contributed by atoms with Crippen molar-refractivity contribution in [3.05, 3.63) is 0 Å². The molecule has 0 aliphatic carbocycles. The van der Waals surface area contributed by atoms with Crippen LogP contribution in [0.15, 0.2) is 0 Å². The van der Waals surface area contributed by atoms with E-state index in [2.05, 4.69) is 0 Å². The molecule has 0 aromatic heterocycles. The zero-order chi connectivity index (χ0) is 6.78. The fraction of sp³-hybridized carbons (Fsp3) is 1.00. The molecule has 0 aliphatic heterocycles. The van der Waals surface area contributed by atoms with Crippen LogP contribution in [-0.2, 0) is 10.7 Å². The van der Waals surface area contributed by atoms with E-state index >= 15 is 0 Å². The lowest BCUT2D eigenvalue weighted by molar-refractivity contribution is 0.559. The van der Waals surface area contributed by atoms with Gasteiger partial charge in [0.1, 0.15) is 10.7 Å². The summed E-state index contributed by atoms with van der Waals surface area (Å²) in [6.45, 7) is 5.31. The fourth-order valence-corrected chi connectivity index (χ4v) is 0.387. The van der Waals surface area contributed by atoms with E-state index in [-0.39, 0.29) is 0 Å². The minimum Gasteiger partial charge on any atom is -0.231 e. The number of hydrogen-bond acceptors (Lipinski definition) is 2. The maximum Gasteiger partial charge on any atom is 0.145 e. The van der Waals surface area contributed by atoms with E-state index in [1.807, 2.05) is 6.92 Å². The van der Waals surface area contributed by atoms with Crippen LogP contribution in [0, 0.1) is 0 Å². The average molecular weight is 136 g/mol. The fourth-order valence-electron chi connectivity index (χ4n) is 0.129. The molecule has 0 aliphatic rings. The Hall–Kier alpha value is -0.0500. The van der Waals surface area contributed by atoms with Gasteiger partial charge in [-0.15, -0.1) is 0 Å². The number of thiol groups is 1. The van der Waals surface area contributed by atoms with Crippen LogP contribution in [-0.4, -0.2) is 13.2 Å². The third-order valence-electron chi connectivity index (χ3n) is 1.36. The minimum absolute atomic E-state index is 0.505. The van der Waals surface area contributed by atoms with Crippen molar-refractivity contribution in [2.24, 2.45) is 0 Å². The Balaban J connectivity index is 4.13. The molecular weight excluding hydrogens is 124 g/mol. The Kier molecular flexibility index (Phi) is 2.47. The van der Waals surface area contributed by atoms with Crippen LogP contribution in [0.2, 0.25) is 0 Å². The predicted molar refractivity (Wildman–Crippen MR) is 34.7 cm³/mol. The van der Waals surface area contributed by atoms with Gasteiger partial charge in [-0.05, 0) is 20.3 Å². The largest absolute Gasteiger partial charge is 0.231 e. The highest BCUT2D eigenvalue weighted by atomic mass is 32.2. The smallest absolute Gasteiger partial charge is 0.145 e. The Morgan fingerprint density at radius 3 is 1.75 bits per heavy atom. The molecule has 0 fully saturated rings. The van der Waals surface area contributed by atoms with E-state index in [0.29, 0.717) is 6.42 Å². The van der Waals surface area contributed by atoms with Gasteiger partial charge in [0.15, 0.2) is 0 Å². The molecule has 0 amide bonds. The summed E-state index contributed by atoms with van der Waals surface area (Å²) < 4.78 is 20.1. The average Bonchev–Trinajstić information content (AvgIpc) is 1.67. The number of hydrogen-bond donors (Lipinski definition) is 1. The molecular formula is C5H12O2S. The van der Waals surface area contributed by atoms with E-state index in [4.69, 9.17) is 0 Å². The summed E-state index contributed by atoms with van der Waals surface area (Å²) in [6.07, 6.45) is 0.686. The standard InChI is InChI=1S/C5H12O2S/c1-4-5(2,3)8(6)7/h8H,4H2,1-3H3. The van der Waals surface area contributed by atoms with Gasteiger partial charge in [0.05, 0.1) is 4.75 Å². The molecule has 0 bridgehead atoms. The lowest BCUT2D eigenvalue weighted by Crippen LogP contribution is -2.19. The second-order valence-corrected chi connectivity index (χ2v) is 4.15. The van der Waals surface area contributed by atoms with Crippen LogP contribution in [0.5, 0.6) is 0 Å².